The van der Waals surface area contributed by atoms with Gasteiger partial charge in [-0.1, -0.05) is 24.3 Å². The van der Waals surface area contributed by atoms with Crippen molar-refractivity contribution in [3.05, 3.63) is 63.6 Å². The number of nitrogens with zero attached hydrogens (tertiary/aromatic N) is 3. The summed E-state index contributed by atoms with van der Waals surface area (Å²) in [6, 6.07) is 12.2. The van der Waals surface area contributed by atoms with E-state index in [2.05, 4.69) is 33.9 Å². The summed E-state index contributed by atoms with van der Waals surface area (Å²) in [6.45, 7) is 6.44. The van der Waals surface area contributed by atoms with Crippen LogP contribution in [-0.4, -0.2) is 48.9 Å². The summed E-state index contributed by atoms with van der Waals surface area (Å²) in [7, 11) is -1.95. The Bertz CT molecular complexity index is 1080. The Hall–Kier alpha value is -2.20. The van der Waals surface area contributed by atoms with Crippen molar-refractivity contribution < 1.29 is 13.2 Å². The lowest BCUT2D eigenvalue weighted by atomic mass is 9.99. The second-order valence-corrected chi connectivity index (χ2v) is 10.4. The van der Waals surface area contributed by atoms with Crippen LogP contribution in [0.2, 0.25) is 0 Å². The second-order valence-electron chi connectivity index (χ2n) is 8.51. The first-order chi connectivity index (χ1) is 15.4. The van der Waals surface area contributed by atoms with Crippen molar-refractivity contribution >= 4 is 10.2 Å². The Labute approximate surface area is 190 Å². The van der Waals surface area contributed by atoms with Gasteiger partial charge in [-0.15, -0.1) is 0 Å². The molecule has 2 aromatic rings. The van der Waals surface area contributed by atoms with Crippen molar-refractivity contribution in [3.8, 4) is 5.75 Å². The van der Waals surface area contributed by atoms with E-state index in [9.17, 15) is 13.2 Å². The number of benzene rings is 1. The van der Waals surface area contributed by atoms with Crippen molar-refractivity contribution in [3.63, 3.8) is 0 Å². The Morgan fingerprint density at radius 2 is 1.72 bits per heavy atom. The third kappa shape index (κ3) is 4.91. The van der Waals surface area contributed by atoms with Crippen molar-refractivity contribution in [2.45, 2.75) is 45.9 Å². The van der Waals surface area contributed by atoms with E-state index < -0.39 is 10.2 Å². The van der Waals surface area contributed by atoms with Crippen molar-refractivity contribution in [1.29, 1.82) is 0 Å². The lowest BCUT2D eigenvalue weighted by Gasteiger charge is -2.30. The summed E-state index contributed by atoms with van der Waals surface area (Å²) in [5.41, 5.74) is 3.60. The van der Waals surface area contributed by atoms with Crippen molar-refractivity contribution in [2.75, 3.05) is 26.7 Å². The minimum Gasteiger partial charge on any atom is -0.488 e. The highest BCUT2D eigenvalue weighted by Crippen LogP contribution is 2.24. The van der Waals surface area contributed by atoms with Crippen LogP contribution in [-0.2, 0) is 36.4 Å². The third-order valence-electron chi connectivity index (χ3n) is 6.48. The summed E-state index contributed by atoms with van der Waals surface area (Å²) in [6.07, 6.45) is 1.44. The Balaban J connectivity index is 1.36. The van der Waals surface area contributed by atoms with Gasteiger partial charge in [-0.2, -0.15) is 12.7 Å². The van der Waals surface area contributed by atoms with E-state index in [1.807, 2.05) is 13.0 Å². The monoisotopic (exact) mass is 460 g/mol. The van der Waals surface area contributed by atoms with Gasteiger partial charge in [0, 0.05) is 52.0 Å². The maximum atomic E-state index is 13.0. The predicted molar refractivity (Wildman–Crippen MR) is 124 cm³/mol. The lowest BCUT2D eigenvalue weighted by molar-refractivity contribution is 0.182. The predicted octanol–water partition coefficient (Wildman–Crippen LogP) is 1.94. The molecule has 2 aliphatic rings. The molecule has 1 aromatic heterocycles. The molecule has 4 rings (SSSR count). The van der Waals surface area contributed by atoms with Crippen LogP contribution in [0.1, 0.15) is 36.6 Å². The first-order valence-electron chi connectivity index (χ1n) is 11.2. The minimum atomic E-state index is -3.37. The molecular weight excluding hydrogens is 428 g/mol. The van der Waals surface area contributed by atoms with E-state index in [-0.39, 0.29) is 11.5 Å². The average molecular weight is 461 g/mol. The van der Waals surface area contributed by atoms with Crippen LogP contribution in [0.3, 0.4) is 0 Å². The lowest BCUT2D eigenvalue weighted by Crippen LogP contribution is -2.44. The third-order valence-corrected chi connectivity index (χ3v) is 8.04. The summed E-state index contributed by atoms with van der Waals surface area (Å²) < 4.78 is 35.3. The highest BCUT2D eigenvalue weighted by molar-refractivity contribution is 7.87. The van der Waals surface area contributed by atoms with Gasteiger partial charge in [-0.25, -0.2) is 4.72 Å². The molecule has 0 saturated carbocycles. The Morgan fingerprint density at radius 1 is 1.06 bits per heavy atom. The van der Waals surface area contributed by atoms with Gasteiger partial charge in [0.05, 0.1) is 6.61 Å². The van der Waals surface area contributed by atoms with Gasteiger partial charge in [0.15, 0.2) is 5.75 Å². The Morgan fingerprint density at radius 3 is 2.31 bits per heavy atom. The quantitative estimate of drug-likeness (QED) is 0.651. The van der Waals surface area contributed by atoms with E-state index in [1.54, 1.807) is 10.6 Å². The van der Waals surface area contributed by atoms with Crippen LogP contribution in [0.5, 0.6) is 5.75 Å². The van der Waals surface area contributed by atoms with Crippen LogP contribution in [0, 0.1) is 5.92 Å². The Kier molecular flexibility index (Phi) is 6.99. The zero-order valence-corrected chi connectivity index (χ0v) is 19.6. The van der Waals surface area contributed by atoms with Gasteiger partial charge in [-0.3, -0.25) is 9.69 Å². The topological polar surface area (TPSA) is 83.9 Å². The first kappa shape index (κ1) is 23.0. The number of hydrogen-bond donors (Lipinski definition) is 1. The molecule has 0 unspecified atom stereocenters. The van der Waals surface area contributed by atoms with Gasteiger partial charge < -0.3 is 9.30 Å². The SMILES string of the molecule is CCn1c(CN2Cc3ccccc3C2)ccc(OCC2CCN(S(=O)(=O)NC)CC2)c1=O. The molecule has 1 saturated heterocycles. The van der Waals surface area contributed by atoms with Gasteiger partial charge >= 0.3 is 0 Å². The zero-order chi connectivity index (χ0) is 22.7. The molecule has 8 nitrogen and oxygen atoms in total. The first-order valence-corrected chi connectivity index (χ1v) is 12.7. The largest absolute Gasteiger partial charge is 0.488 e. The normalized spacial score (nSPS) is 18.1. The molecule has 0 radical (unpaired) electrons. The fraction of sp³-hybridized carbons (Fsp3) is 0.522. The highest BCUT2D eigenvalue weighted by atomic mass is 32.2. The molecule has 32 heavy (non-hydrogen) atoms. The van der Waals surface area contributed by atoms with Crippen LogP contribution in [0.15, 0.2) is 41.2 Å². The molecule has 0 aliphatic carbocycles. The van der Waals surface area contributed by atoms with Crippen LogP contribution >= 0.6 is 0 Å². The molecule has 9 heteroatoms. The summed E-state index contributed by atoms with van der Waals surface area (Å²) in [4.78, 5) is 15.4. The fourth-order valence-corrected chi connectivity index (χ4v) is 5.54. The molecule has 0 amide bonds. The van der Waals surface area contributed by atoms with Crippen LogP contribution < -0.4 is 15.0 Å². The second kappa shape index (κ2) is 9.74. The molecule has 1 aromatic carbocycles. The maximum Gasteiger partial charge on any atom is 0.293 e. The molecule has 0 spiro atoms. The molecule has 0 atom stereocenters. The smallest absolute Gasteiger partial charge is 0.293 e. The molecule has 0 bridgehead atoms. The number of aromatic nitrogens is 1. The van der Waals surface area contributed by atoms with Gasteiger partial charge in [0.1, 0.15) is 0 Å². The molecule has 2 aliphatic heterocycles. The van der Waals surface area contributed by atoms with E-state index in [1.165, 1.54) is 22.5 Å². The number of fused-ring (bicyclic) bond motifs is 1. The summed E-state index contributed by atoms with van der Waals surface area (Å²) >= 11 is 0. The van der Waals surface area contributed by atoms with E-state index in [0.717, 1.165) is 38.2 Å². The number of piperidine rings is 1. The van der Waals surface area contributed by atoms with Crippen LogP contribution in [0.4, 0.5) is 0 Å². The van der Waals surface area contributed by atoms with Gasteiger partial charge in [0.2, 0.25) is 0 Å². The maximum absolute atomic E-state index is 13.0. The zero-order valence-electron chi connectivity index (χ0n) is 18.8. The van der Waals surface area contributed by atoms with E-state index in [0.29, 0.717) is 32.0 Å². The minimum absolute atomic E-state index is 0.100. The van der Waals surface area contributed by atoms with Crippen LogP contribution in [0.25, 0.3) is 0 Å². The van der Waals surface area contributed by atoms with Crippen molar-refractivity contribution in [1.82, 2.24) is 18.5 Å². The molecule has 174 valence electrons. The van der Waals surface area contributed by atoms with Crippen molar-refractivity contribution in [2.24, 2.45) is 5.92 Å². The van der Waals surface area contributed by atoms with Gasteiger partial charge in [-0.05, 0) is 48.9 Å². The number of hydrogen-bond acceptors (Lipinski definition) is 5. The number of nitrogens with one attached hydrogen (secondary N) is 1. The fourth-order valence-electron chi connectivity index (χ4n) is 4.59. The highest BCUT2D eigenvalue weighted by Gasteiger charge is 2.27. The number of ether oxygens (including phenoxy) is 1. The molecular formula is C23H32N4O4S. The number of pyridine rings is 1. The standard InChI is InChI=1S/C23H32N4O4S/c1-3-27-21(16-25-14-19-6-4-5-7-20(19)15-25)8-9-22(23(27)28)31-17-18-10-12-26(13-11-18)32(29,30)24-2/h4-9,18,24H,3,10-17H2,1-2H3. The van der Waals surface area contributed by atoms with E-state index >= 15 is 0 Å². The summed E-state index contributed by atoms with van der Waals surface area (Å²) in [5.74, 6) is 0.598. The molecule has 1 N–H and O–H groups in total. The number of rotatable bonds is 8. The molecule has 1 fully saturated rings. The van der Waals surface area contributed by atoms with E-state index in [4.69, 9.17) is 4.74 Å². The molecule has 3 heterocycles. The summed E-state index contributed by atoms with van der Waals surface area (Å²) in [5, 5.41) is 0. The van der Waals surface area contributed by atoms with Gasteiger partial charge in [0.25, 0.3) is 15.8 Å². The average Bonchev–Trinajstić information content (AvgIpc) is 3.21.